The SMILES string of the molecule is N#Cc1c(-c2ccccc2)cc(-c2ccccc2-c2ccccc2)c(-c2ccccc2)c1-c1ccccc1. The smallest absolute Gasteiger partial charge is 0.100 e. The lowest BCUT2D eigenvalue weighted by molar-refractivity contribution is 1.46. The molecule has 0 N–H and O–H groups in total. The first-order valence-corrected chi connectivity index (χ1v) is 12.8. The molecule has 0 atom stereocenters. The van der Waals surface area contributed by atoms with Crippen LogP contribution in [0.3, 0.4) is 0 Å². The molecule has 178 valence electrons. The van der Waals surface area contributed by atoms with Crippen LogP contribution in [-0.2, 0) is 0 Å². The molecule has 0 fully saturated rings. The predicted molar refractivity (Wildman–Crippen MR) is 158 cm³/mol. The molecule has 0 unspecified atom stereocenters. The third-order valence-electron chi connectivity index (χ3n) is 6.95. The molecule has 1 heteroatoms. The summed E-state index contributed by atoms with van der Waals surface area (Å²) < 4.78 is 0. The molecule has 6 rings (SSSR count). The van der Waals surface area contributed by atoms with Crippen molar-refractivity contribution in [2.24, 2.45) is 0 Å². The first-order valence-electron chi connectivity index (χ1n) is 12.8. The van der Waals surface area contributed by atoms with Crippen molar-refractivity contribution in [3.63, 3.8) is 0 Å². The fraction of sp³-hybridized carbons (Fsp3) is 0. The minimum Gasteiger partial charge on any atom is -0.192 e. The predicted octanol–water partition coefficient (Wildman–Crippen LogP) is 9.89. The molecule has 0 aromatic heterocycles. The van der Waals surface area contributed by atoms with Crippen molar-refractivity contribution in [3.05, 3.63) is 157 Å². The van der Waals surface area contributed by atoms with Crippen LogP contribution >= 0.6 is 0 Å². The van der Waals surface area contributed by atoms with Crippen LogP contribution < -0.4 is 0 Å². The Bertz CT molecular complexity index is 1730. The number of nitrogens with zero attached hydrogens (tertiary/aromatic N) is 1. The van der Waals surface area contributed by atoms with E-state index in [0.29, 0.717) is 5.56 Å². The first-order chi connectivity index (χ1) is 18.8. The van der Waals surface area contributed by atoms with Gasteiger partial charge in [-0.2, -0.15) is 5.26 Å². The highest BCUT2D eigenvalue weighted by atomic mass is 14.3. The summed E-state index contributed by atoms with van der Waals surface area (Å²) in [5.74, 6) is 0. The van der Waals surface area contributed by atoms with Crippen LogP contribution in [0.2, 0.25) is 0 Å². The van der Waals surface area contributed by atoms with Crippen molar-refractivity contribution in [1.29, 1.82) is 5.26 Å². The number of benzene rings is 6. The Labute approximate surface area is 223 Å². The highest BCUT2D eigenvalue weighted by Gasteiger charge is 2.23. The minimum atomic E-state index is 0.683. The maximum atomic E-state index is 10.6. The van der Waals surface area contributed by atoms with Gasteiger partial charge in [0.05, 0.1) is 5.56 Å². The van der Waals surface area contributed by atoms with Crippen LogP contribution in [0, 0.1) is 11.3 Å². The van der Waals surface area contributed by atoms with Gasteiger partial charge in [-0.3, -0.25) is 0 Å². The molecule has 0 amide bonds. The third kappa shape index (κ3) is 4.30. The van der Waals surface area contributed by atoms with Gasteiger partial charge in [0.2, 0.25) is 0 Å². The van der Waals surface area contributed by atoms with Gasteiger partial charge in [0.25, 0.3) is 0 Å². The lowest BCUT2D eigenvalue weighted by Gasteiger charge is -2.22. The van der Waals surface area contributed by atoms with Crippen LogP contribution in [0.15, 0.2) is 152 Å². The van der Waals surface area contributed by atoms with Crippen LogP contribution in [-0.4, -0.2) is 0 Å². The number of rotatable bonds is 5. The number of nitriles is 1. The Morgan fingerprint density at radius 3 is 1.24 bits per heavy atom. The van der Waals surface area contributed by atoms with Crippen LogP contribution in [0.1, 0.15) is 5.56 Å². The zero-order chi connectivity index (χ0) is 25.7. The van der Waals surface area contributed by atoms with Gasteiger partial charge < -0.3 is 0 Å². The summed E-state index contributed by atoms with van der Waals surface area (Å²) >= 11 is 0. The molecule has 0 bridgehead atoms. The van der Waals surface area contributed by atoms with Gasteiger partial charge in [0.15, 0.2) is 0 Å². The average Bonchev–Trinajstić information content (AvgIpc) is 3.01. The standard InChI is InChI=1S/C37H25N/c38-26-35-33(28-17-7-2-8-18-28)25-34(32-24-14-13-23-31(32)27-15-5-1-6-16-27)36(29-19-9-3-10-20-29)37(35)30-21-11-4-12-22-30/h1-25H. The highest BCUT2D eigenvalue weighted by molar-refractivity contribution is 6.03. The second-order valence-electron chi connectivity index (χ2n) is 9.22. The monoisotopic (exact) mass is 483 g/mol. The number of hydrogen-bond acceptors (Lipinski definition) is 1. The summed E-state index contributed by atoms with van der Waals surface area (Å²) in [6.07, 6.45) is 0. The molecule has 0 aliphatic carbocycles. The molecular weight excluding hydrogens is 458 g/mol. The van der Waals surface area contributed by atoms with E-state index in [4.69, 9.17) is 0 Å². The van der Waals surface area contributed by atoms with E-state index in [1.54, 1.807) is 0 Å². The Morgan fingerprint density at radius 1 is 0.342 bits per heavy atom. The first kappa shape index (κ1) is 23.2. The quantitative estimate of drug-likeness (QED) is 0.239. The summed E-state index contributed by atoms with van der Waals surface area (Å²) in [6.45, 7) is 0. The van der Waals surface area contributed by atoms with Gasteiger partial charge in [-0.1, -0.05) is 146 Å². The van der Waals surface area contributed by atoms with E-state index in [-0.39, 0.29) is 0 Å². The fourth-order valence-electron chi connectivity index (χ4n) is 5.24. The lowest BCUT2D eigenvalue weighted by atomic mass is 9.80. The summed E-state index contributed by atoms with van der Waals surface area (Å²) in [6, 6.07) is 54.9. The van der Waals surface area contributed by atoms with E-state index in [1.807, 2.05) is 48.5 Å². The summed E-state index contributed by atoms with van der Waals surface area (Å²) in [5.41, 5.74) is 11.3. The van der Waals surface area contributed by atoms with E-state index in [1.165, 1.54) is 0 Å². The third-order valence-corrected chi connectivity index (χ3v) is 6.95. The largest absolute Gasteiger partial charge is 0.192 e. The molecule has 0 spiro atoms. The zero-order valence-electron chi connectivity index (χ0n) is 20.9. The van der Waals surface area contributed by atoms with Gasteiger partial charge in [0, 0.05) is 11.1 Å². The average molecular weight is 484 g/mol. The molecule has 1 nitrogen and oxygen atoms in total. The van der Waals surface area contributed by atoms with Gasteiger partial charge in [-0.15, -0.1) is 0 Å². The molecule has 0 heterocycles. The Balaban J connectivity index is 1.80. The maximum Gasteiger partial charge on any atom is 0.100 e. The highest BCUT2D eigenvalue weighted by Crippen LogP contribution is 2.47. The Morgan fingerprint density at radius 2 is 0.737 bits per heavy atom. The van der Waals surface area contributed by atoms with Crippen molar-refractivity contribution in [3.8, 4) is 61.7 Å². The number of hydrogen-bond donors (Lipinski definition) is 0. The van der Waals surface area contributed by atoms with Gasteiger partial charge in [-0.05, 0) is 50.6 Å². The van der Waals surface area contributed by atoms with Gasteiger partial charge in [0.1, 0.15) is 6.07 Å². The molecule has 6 aromatic rings. The second kappa shape index (κ2) is 10.4. The van der Waals surface area contributed by atoms with E-state index in [9.17, 15) is 5.26 Å². The van der Waals surface area contributed by atoms with E-state index in [0.717, 1.165) is 55.6 Å². The van der Waals surface area contributed by atoms with E-state index < -0.39 is 0 Å². The van der Waals surface area contributed by atoms with Gasteiger partial charge >= 0.3 is 0 Å². The molecule has 0 saturated heterocycles. The molecule has 6 aromatic carbocycles. The van der Waals surface area contributed by atoms with Crippen LogP contribution in [0.25, 0.3) is 55.6 Å². The fourth-order valence-corrected chi connectivity index (χ4v) is 5.24. The zero-order valence-corrected chi connectivity index (χ0v) is 20.9. The van der Waals surface area contributed by atoms with Crippen LogP contribution in [0.4, 0.5) is 0 Å². The molecule has 0 aliphatic heterocycles. The van der Waals surface area contributed by atoms with Crippen molar-refractivity contribution in [2.45, 2.75) is 0 Å². The molecule has 38 heavy (non-hydrogen) atoms. The molecule has 0 aliphatic rings. The van der Waals surface area contributed by atoms with E-state index >= 15 is 0 Å². The van der Waals surface area contributed by atoms with Gasteiger partial charge in [-0.25, -0.2) is 0 Å². The maximum absolute atomic E-state index is 10.6. The summed E-state index contributed by atoms with van der Waals surface area (Å²) in [5, 5.41) is 10.6. The molecule has 0 radical (unpaired) electrons. The molecular formula is C37H25N. The van der Waals surface area contributed by atoms with Crippen LogP contribution in [0.5, 0.6) is 0 Å². The molecule has 0 saturated carbocycles. The Hall–Kier alpha value is -5.19. The Kier molecular flexibility index (Phi) is 6.37. The summed E-state index contributed by atoms with van der Waals surface area (Å²) in [4.78, 5) is 0. The van der Waals surface area contributed by atoms with Crippen molar-refractivity contribution in [1.82, 2.24) is 0 Å². The van der Waals surface area contributed by atoms with E-state index in [2.05, 4.69) is 109 Å². The van der Waals surface area contributed by atoms with Crippen molar-refractivity contribution < 1.29 is 0 Å². The second-order valence-corrected chi connectivity index (χ2v) is 9.22. The minimum absolute atomic E-state index is 0.683. The normalized spacial score (nSPS) is 10.6. The topological polar surface area (TPSA) is 23.8 Å². The van der Waals surface area contributed by atoms with Crippen molar-refractivity contribution >= 4 is 0 Å². The van der Waals surface area contributed by atoms with Crippen molar-refractivity contribution in [2.75, 3.05) is 0 Å². The summed E-state index contributed by atoms with van der Waals surface area (Å²) in [7, 11) is 0. The lowest BCUT2D eigenvalue weighted by Crippen LogP contribution is -1.99.